The summed E-state index contributed by atoms with van der Waals surface area (Å²) in [6.07, 6.45) is 1.60. The molecule has 0 bridgehead atoms. The topological polar surface area (TPSA) is 77.2 Å². The minimum atomic E-state index is -0.236. The first kappa shape index (κ1) is 15.0. The minimum absolute atomic E-state index is 0.236. The SMILES string of the molecule is CCOc1ccc(NC(=O)c2ncccc2C)cc1CN. The fourth-order valence-electron chi connectivity index (χ4n) is 2.03. The third kappa shape index (κ3) is 3.58. The van der Waals surface area contributed by atoms with E-state index in [0.29, 0.717) is 24.5 Å². The largest absolute Gasteiger partial charge is 0.494 e. The highest BCUT2D eigenvalue weighted by atomic mass is 16.5. The van der Waals surface area contributed by atoms with Crippen LogP contribution in [-0.4, -0.2) is 17.5 Å². The number of carbonyl (C=O) groups excluding carboxylic acids is 1. The number of pyridine rings is 1. The van der Waals surface area contributed by atoms with E-state index in [1.54, 1.807) is 18.3 Å². The van der Waals surface area contributed by atoms with E-state index in [2.05, 4.69) is 10.3 Å². The van der Waals surface area contributed by atoms with Crippen molar-refractivity contribution < 1.29 is 9.53 Å². The molecule has 1 aromatic heterocycles. The van der Waals surface area contributed by atoms with Gasteiger partial charge in [0.1, 0.15) is 11.4 Å². The lowest BCUT2D eigenvalue weighted by atomic mass is 10.1. The van der Waals surface area contributed by atoms with Crippen LogP contribution in [0.2, 0.25) is 0 Å². The molecule has 0 unspecified atom stereocenters. The smallest absolute Gasteiger partial charge is 0.274 e. The number of carbonyl (C=O) groups is 1. The molecule has 0 aliphatic heterocycles. The van der Waals surface area contributed by atoms with Crippen LogP contribution in [0, 0.1) is 6.92 Å². The Bertz CT molecular complexity index is 641. The highest BCUT2D eigenvalue weighted by molar-refractivity contribution is 6.03. The summed E-state index contributed by atoms with van der Waals surface area (Å²) < 4.78 is 5.49. The van der Waals surface area contributed by atoms with Crippen molar-refractivity contribution in [1.29, 1.82) is 0 Å². The molecule has 1 amide bonds. The quantitative estimate of drug-likeness (QED) is 0.885. The Morgan fingerprint density at radius 1 is 1.38 bits per heavy atom. The Labute approximate surface area is 124 Å². The van der Waals surface area contributed by atoms with Crippen LogP contribution < -0.4 is 15.8 Å². The van der Waals surface area contributed by atoms with Crippen LogP contribution in [0.3, 0.4) is 0 Å². The Balaban J connectivity index is 2.20. The van der Waals surface area contributed by atoms with Gasteiger partial charge in [-0.3, -0.25) is 9.78 Å². The van der Waals surface area contributed by atoms with Gasteiger partial charge in [0.15, 0.2) is 0 Å². The van der Waals surface area contributed by atoms with Crippen molar-refractivity contribution in [3.63, 3.8) is 0 Å². The predicted molar refractivity (Wildman–Crippen MR) is 82.4 cm³/mol. The predicted octanol–water partition coefficient (Wildman–Crippen LogP) is 2.50. The van der Waals surface area contributed by atoms with Gasteiger partial charge in [-0.25, -0.2) is 0 Å². The molecular formula is C16H19N3O2. The van der Waals surface area contributed by atoms with Gasteiger partial charge in [0, 0.05) is 24.0 Å². The lowest BCUT2D eigenvalue weighted by molar-refractivity contribution is 0.102. The Morgan fingerprint density at radius 2 is 2.19 bits per heavy atom. The summed E-state index contributed by atoms with van der Waals surface area (Å²) in [6.45, 7) is 4.69. The van der Waals surface area contributed by atoms with Gasteiger partial charge in [0.05, 0.1) is 6.61 Å². The molecule has 2 aromatic rings. The maximum Gasteiger partial charge on any atom is 0.274 e. The first-order valence-electron chi connectivity index (χ1n) is 6.84. The Kier molecular flexibility index (Phi) is 4.90. The molecule has 0 atom stereocenters. The molecule has 2 rings (SSSR count). The lowest BCUT2D eigenvalue weighted by Crippen LogP contribution is -2.15. The van der Waals surface area contributed by atoms with Crippen LogP contribution >= 0.6 is 0 Å². The molecule has 0 saturated heterocycles. The third-order valence-corrected chi connectivity index (χ3v) is 3.06. The van der Waals surface area contributed by atoms with Crippen LogP contribution in [0.15, 0.2) is 36.5 Å². The van der Waals surface area contributed by atoms with Crippen molar-refractivity contribution >= 4 is 11.6 Å². The number of nitrogens with two attached hydrogens (primary N) is 1. The van der Waals surface area contributed by atoms with Crippen LogP contribution in [-0.2, 0) is 6.54 Å². The average Bonchev–Trinajstić information content (AvgIpc) is 2.49. The van der Waals surface area contributed by atoms with Crippen molar-refractivity contribution in [2.75, 3.05) is 11.9 Å². The summed E-state index contributed by atoms with van der Waals surface area (Å²) in [5.74, 6) is 0.507. The molecule has 3 N–H and O–H groups in total. The molecule has 0 saturated carbocycles. The van der Waals surface area contributed by atoms with Gasteiger partial charge in [-0.15, -0.1) is 0 Å². The highest BCUT2D eigenvalue weighted by Crippen LogP contribution is 2.23. The van der Waals surface area contributed by atoms with E-state index in [-0.39, 0.29) is 5.91 Å². The molecule has 0 radical (unpaired) electrons. The molecule has 0 spiro atoms. The van der Waals surface area contributed by atoms with Crippen LogP contribution in [0.1, 0.15) is 28.5 Å². The number of hydrogen-bond donors (Lipinski definition) is 2. The van der Waals surface area contributed by atoms with Crippen molar-refractivity contribution in [2.45, 2.75) is 20.4 Å². The molecule has 0 aliphatic carbocycles. The minimum Gasteiger partial charge on any atom is -0.494 e. The summed E-state index contributed by atoms with van der Waals surface area (Å²) in [4.78, 5) is 16.3. The standard InChI is InChI=1S/C16H19N3O2/c1-3-21-14-7-6-13(9-12(14)10-17)19-16(20)15-11(2)5-4-8-18-15/h4-9H,3,10,17H2,1-2H3,(H,19,20). The molecule has 5 nitrogen and oxygen atoms in total. The molecule has 110 valence electrons. The molecule has 1 aromatic carbocycles. The summed E-state index contributed by atoms with van der Waals surface area (Å²) in [7, 11) is 0. The monoisotopic (exact) mass is 285 g/mol. The van der Waals surface area contributed by atoms with Crippen LogP contribution in [0.5, 0.6) is 5.75 Å². The average molecular weight is 285 g/mol. The summed E-state index contributed by atoms with van der Waals surface area (Å²) in [5, 5.41) is 2.83. The molecule has 5 heteroatoms. The molecule has 21 heavy (non-hydrogen) atoms. The van der Waals surface area contributed by atoms with E-state index in [0.717, 1.165) is 16.9 Å². The zero-order valence-electron chi connectivity index (χ0n) is 12.2. The fourth-order valence-corrected chi connectivity index (χ4v) is 2.03. The maximum absolute atomic E-state index is 12.2. The zero-order chi connectivity index (χ0) is 15.2. The number of rotatable bonds is 5. The Hall–Kier alpha value is -2.40. The molecule has 0 fully saturated rings. The van der Waals surface area contributed by atoms with E-state index in [9.17, 15) is 4.79 Å². The number of anilines is 1. The van der Waals surface area contributed by atoms with Crippen molar-refractivity contribution in [2.24, 2.45) is 5.73 Å². The normalized spacial score (nSPS) is 10.2. The summed E-state index contributed by atoms with van der Waals surface area (Å²) >= 11 is 0. The second-order valence-corrected chi connectivity index (χ2v) is 4.58. The van der Waals surface area contributed by atoms with Gasteiger partial charge >= 0.3 is 0 Å². The first-order chi connectivity index (χ1) is 10.2. The van der Waals surface area contributed by atoms with E-state index < -0.39 is 0 Å². The second kappa shape index (κ2) is 6.85. The lowest BCUT2D eigenvalue weighted by Gasteiger charge is -2.12. The van der Waals surface area contributed by atoms with E-state index in [1.807, 2.05) is 32.0 Å². The number of benzene rings is 1. The fraction of sp³-hybridized carbons (Fsp3) is 0.250. The van der Waals surface area contributed by atoms with E-state index in [4.69, 9.17) is 10.5 Å². The first-order valence-corrected chi connectivity index (χ1v) is 6.84. The summed E-state index contributed by atoms with van der Waals surface area (Å²) in [5.41, 5.74) is 8.49. The van der Waals surface area contributed by atoms with Crippen molar-refractivity contribution in [1.82, 2.24) is 4.98 Å². The third-order valence-electron chi connectivity index (χ3n) is 3.06. The van der Waals surface area contributed by atoms with E-state index in [1.165, 1.54) is 0 Å². The zero-order valence-corrected chi connectivity index (χ0v) is 12.2. The van der Waals surface area contributed by atoms with Gasteiger partial charge < -0.3 is 15.8 Å². The number of nitrogens with one attached hydrogen (secondary N) is 1. The van der Waals surface area contributed by atoms with Crippen LogP contribution in [0.25, 0.3) is 0 Å². The second-order valence-electron chi connectivity index (χ2n) is 4.58. The molecule has 1 heterocycles. The van der Waals surface area contributed by atoms with Gasteiger partial charge in [-0.05, 0) is 43.7 Å². The summed E-state index contributed by atoms with van der Waals surface area (Å²) in [6, 6.07) is 9.08. The van der Waals surface area contributed by atoms with Gasteiger partial charge in [-0.1, -0.05) is 6.07 Å². The number of hydrogen-bond acceptors (Lipinski definition) is 4. The van der Waals surface area contributed by atoms with Gasteiger partial charge in [-0.2, -0.15) is 0 Å². The van der Waals surface area contributed by atoms with Crippen molar-refractivity contribution in [3.05, 3.63) is 53.3 Å². The van der Waals surface area contributed by atoms with E-state index >= 15 is 0 Å². The highest BCUT2D eigenvalue weighted by Gasteiger charge is 2.11. The van der Waals surface area contributed by atoms with Gasteiger partial charge in [0.25, 0.3) is 5.91 Å². The maximum atomic E-state index is 12.2. The van der Waals surface area contributed by atoms with Crippen LogP contribution in [0.4, 0.5) is 5.69 Å². The van der Waals surface area contributed by atoms with Gasteiger partial charge in [0.2, 0.25) is 0 Å². The number of aryl methyl sites for hydroxylation is 1. The van der Waals surface area contributed by atoms with Crippen molar-refractivity contribution in [3.8, 4) is 5.75 Å². The molecule has 0 aliphatic rings. The molecular weight excluding hydrogens is 266 g/mol. The number of aromatic nitrogens is 1. The Morgan fingerprint density at radius 3 is 2.86 bits per heavy atom. The number of ether oxygens (including phenoxy) is 1. The number of amides is 1. The number of nitrogens with zero attached hydrogens (tertiary/aromatic N) is 1.